The summed E-state index contributed by atoms with van der Waals surface area (Å²) in [5.74, 6) is 0. The highest BCUT2D eigenvalue weighted by Crippen LogP contribution is 2.57. The van der Waals surface area contributed by atoms with E-state index in [1.807, 2.05) is 13.8 Å². The maximum atomic E-state index is 5.75. The normalized spacial score (nSPS) is 13.3. The zero-order chi connectivity index (χ0) is 8.85. The van der Waals surface area contributed by atoms with Gasteiger partial charge in [0, 0.05) is 5.31 Å². The summed E-state index contributed by atoms with van der Waals surface area (Å²) in [6.07, 6.45) is 0.734. The van der Waals surface area contributed by atoms with Crippen molar-refractivity contribution in [2.75, 3.05) is 6.61 Å². The highest BCUT2D eigenvalue weighted by molar-refractivity contribution is 8.06. The number of ether oxygens (including phenoxy) is 1. The molecule has 0 spiro atoms. The van der Waals surface area contributed by atoms with E-state index >= 15 is 0 Å². The Kier molecular flexibility index (Phi) is 6.85. The molecule has 1 nitrogen and oxygen atoms in total. The molecular weight excluding hydrogens is 225 g/mol. The number of hydrogen-bond donors (Lipinski definition) is 0. The Morgan fingerprint density at radius 2 is 1.91 bits per heavy atom. The number of hydrogen-bond acceptors (Lipinski definition) is 1. The van der Waals surface area contributed by atoms with Gasteiger partial charge in [0.25, 0.3) is 0 Å². The van der Waals surface area contributed by atoms with E-state index in [0.717, 1.165) is 11.7 Å². The summed E-state index contributed by atoms with van der Waals surface area (Å²) in [5.41, 5.74) is 0. The van der Waals surface area contributed by atoms with Gasteiger partial charge >= 0.3 is 0 Å². The van der Waals surface area contributed by atoms with Crippen LogP contribution < -0.4 is 0 Å². The molecule has 0 N–H and O–H groups in total. The summed E-state index contributed by atoms with van der Waals surface area (Å²) in [4.78, 5) is 0. The SMILES string of the molecule is CCO/C(Cl)=C(\CC)P(Cl)Cl. The van der Waals surface area contributed by atoms with Gasteiger partial charge in [-0.25, -0.2) is 0 Å². The van der Waals surface area contributed by atoms with Crippen molar-refractivity contribution >= 4 is 40.7 Å². The van der Waals surface area contributed by atoms with Crippen molar-refractivity contribution in [3.63, 3.8) is 0 Å². The van der Waals surface area contributed by atoms with E-state index in [2.05, 4.69) is 0 Å². The third-order valence-electron chi connectivity index (χ3n) is 1.04. The lowest BCUT2D eigenvalue weighted by Crippen LogP contribution is -1.87. The molecule has 0 saturated heterocycles. The highest BCUT2D eigenvalue weighted by atomic mass is 35.9. The minimum Gasteiger partial charge on any atom is -0.483 e. The van der Waals surface area contributed by atoms with Gasteiger partial charge in [0.05, 0.1) is 6.61 Å². The summed E-state index contributed by atoms with van der Waals surface area (Å²) < 4.78 is 5.05. The van der Waals surface area contributed by atoms with Crippen LogP contribution >= 0.6 is 40.7 Å². The Bertz CT molecular complexity index is 147. The molecule has 0 bridgehead atoms. The van der Waals surface area contributed by atoms with Crippen LogP contribution in [0.5, 0.6) is 0 Å². The molecule has 0 atom stereocenters. The lowest BCUT2D eigenvalue weighted by molar-refractivity contribution is 0.253. The molecule has 0 amide bonds. The Balaban J connectivity index is 4.27. The van der Waals surface area contributed by atoms with Crippen molar-refractivity contribution in [1.29, 1.82) is 0 Å². The third-order valence-corrected chi connectivity index (χ3v) is 3.66. The van der Waals surface area contributed by atoms with Crippen LogP contribution in [0.25, 0.3) is 0 Å². The summed E-state index contributed by atoms with van der Waals surface area (Å²) in [5, 5.41) is 1.15. The van der Waals surface area contributed by atoms with Crippen molar-refractivity contribution in [2.24, 2.45) is 0 Å². The Morgan fingerprint density at radius 3 is 2.18 bits per heavy atom. The first-order valence-electron chi connectivity index (χ1n) is 3.26. The number of halogens is 3. The summed E-state index contributed by atoms with van der Waals surface area (Å²) >= 11 is 17.1. The monoisotopic (exact) mass is 234 g/mol. The maximum Gasteiger partial charge on any atom is 0.192 e. The molecule has 66 valence electrons. The fourth-order valence-corrected chi connectivity index (χ4v) is 2.91. The Labute approximate surface area is 83.0 Å². The minimum absolute atomic E-state index is 0.353. The maximum absolute atomic E-state index is 5.75. The van der Waals surface area contributed by atoms with Gasteiger partial charge in [0.2, 0.25) is 0 Å². The topological polar surface area (TPSA) is 9.23 Å². The van der Waals surface area contributed by atoms with E-state index in [-0.39, 0.29) is 0 Å². The van der Waals surface area contributed by atoms with Crippen LogP contribution in [0.1, 0.15) is 20.3 Å². The first kappa shape index (κ1) is 11.8. The van der Waals surface area contributed by atoms with Gasteiger partial charge < -0.3 is 4.74 Å². The van der Waals surface area contributed by atoms with Crippen LogP contribution in [-0.2, 0) is 4.74 Å². The molecule has 0 aliphatic heterocycles. The first-order chi connectivity index (χ1) is 5.13. The molecule has 0 fully saturated rings. The van der Waals surface area contributed by atoms with E-state index in [0.29, 0.717) is 11.8 Å². The Morgan fingerprint density at radius 1 is 1.36 bits per heavy atom. The fourth-order valence-electron chi connectivity index (χ4n) is 0.535. The number of rotatable bonds is 4. The molecule has 0 aliphatic carbocycles. The van der Waals surface area contributed by atoms with Crippen LogP contribution in [0.2, 0.25) is 0 Å². The number of allylic oxidation sites excluding steroid dienone is 1. The van der Waals surface area contributed by atoms with Crippen molar-refractivity contribution in [1.82, 2.24) is 0 Å². The average molecular weight is 235 g/mol. The predicted molar refractivity (Wildman–Crippen MR) is 53.4 cm³/mol. The summed E-state index contributed by atoms with van der Waals surface area (Å²) in [7, 11) is 0. The molecule has 0 radical (unpaired) electrons. The highest BCUT2D eigenvalue weighted by Gasteiger charge is 2.11. The van der Waals surface area contributed by atoms with Crippen LogP contribution in [-0.4, -0.2) is 6.61 Å². The van der Waals surface area contributed by atoms with E-state index < -0.39 is 6.63 Å². The summed E-state index contributed by atoms with van der Waals surface area (Å²) in [6, 6.07) is 0. The van der Waals surface area contributed by atoms with Gasteiger partial charge in [-0.15, -0.1) is 0 Å². The molecule has 0 unspecified atom stereocenters. The van der Waals surface area contributed by atoms with Gasteiger partial charge in [-0.1, -0.05) is 29.4 Å². The molecule has 0 saturated carbocycles. The standard InChI is InChI=1S/C6H10Cl3OP/c1-3-5(11(8)9)6(7)10-4-2/h3-4H2,1-2H3/b6-5+. The lowest BCUT2D eigenvalue weighted by atomic mass is 10.5. The average Bonchev–Trinajstić information content (AvgIpc) is 1.88. The van der Waals surface area contributed by atoms with E-state index in [9.17, 15) is 0 Å². The van der Waals surface area contributed by atoms with Crippen molar-refractivity contribution < 1.29 is 4.74 Å². The van der Waals surface area contributed by atoms with E-state index in [4.69, 9.17) is 38.8 Å². The van der Waals surface area contributed by atoms with E-state index in [1.165, 1.54) is 0 Å². The zero-order valence-corrected chi connectivity index (χ0v) is 9.57. The van der Waals surface area contributed by atoms with Gasteiger partial charge in [0.15, 0.2) is 5.22 Å². The molecule has 5 heteroatoms. The molecule has 0 aromatic carbocycles. The first-order valence-corrected chi connectivity index (χ1v) is 6.79. The van der Waals surface area contributed by atoms with Crippen molar-refractivity contribution in [3.8, 4) is 0 Å². The Hall–Kier alpha value is 0.840. The molecule has 11 heavy (non-hydrogen) atoms. The van der Waals surface area contributed by atoms with Crippen LogP contribution in [0.15, 0.2) is 10.5 Å². The van der Waals surface area contributed by atoms with Gasteiger partial charge in [-0.3, -0.25) is 0 Å². The second-order valence-electron chi connectivity index (χ2n) is 1.74. The van der Waals surface area contributed by atoms with Crippen molar-refractivity contribution in [2.45, 2.75) is 20.3 Å². The fraction of sp³-hybridized carbons (Fsp3) is 0.667. The molecule has 0 aliphatic rings. The van der Waals surface area contributed by atoms with Crippen LogP contribution in [0, 0.1) is 0 Å². The van der Waals surface area contributed by atoms with Crippen LogP contribution in [0.3, 0.4) is 0 Å². The lowest BCUT2D eigenvalue weighted by Gasteiger charge is -2.08. The minimum atomic E-state index is -1.15. The summed E-state index contributed by atoms with van der Waals surface area (Å²) in [6.45, 7) is 3.20. The molecule has 0 aromatic rings. The molecule has 0 aromatic heterocycles. The molecular formula is C6H10Cl3OP. The molecule has 0 heterocycles. The van der Waals surface area contributed by atoms with E-state index in [1.54, 1.807) is 0 Å². The zero-order valence-electron chi connectivity index (χ0n) is 6.40. The largest absolute Gasteiger partial charge is 0.483 e. The van der Waals surface area contributed by atoms with Gasteiger partial charge in [-0.2, -0.15) is 0 Å². The quantitative estimate of drug-likeness (QED) is 0.510. The van der Waals surface area contributed by atoms with Gasteiger partial charge in [-0.05, 0) is 24.9 Å². The third kappa shape index (κ3) is 4.42. The molecule has 0 rings (SSSR count). The van der Waals surface area contributed by atoms with Gasteiger partial charge in [0.1, 0.15) is 6.63 Å². The van der Waals surface area contributed by atoms with Crippen LogP contribution in [0.4, 0.5) is 0 Å². The predicted octanol–water partition coefficient (Wildman–Crippen LogP) is 4.63. The smallest absolute Gasteiger partial charge is 0.192 e. The van der Waals surface area contributed by atoms with Crippen molar-refractivity contribution in [3.05, 3.63) is 10.5 Å². The second-order valence-corrected chi connectivity index (χ2v) is 5.64. The second kappa shape index (κ2) is 6.37.